The maximum absolute atomic E-state index is 12.5. The summed E-state index contributed by atoms with van der Waals surface area (Å²) in [6.07, 6.45) is 17.1. The van der Waals surface area contributed by atoms with Crippen molar-refractivity contribution in [1.29, 1.82) is 0 Å². The number of ether oxygens (including phenoxy) is 2. The van der Waals surface area contributed by atoms with Crippen LogP contribution in [0.4, 0.5) is 0 Å². The minimum atomic E-state index is -0.514. The van der Waals surface area contributed by atoms with Crippen LogP contribution in [0.2, 0.25) is 0 Å². The van der Waals surface area contributed by atoms with Crippen molar-refractivity contribution in [1.82, 2.24) is 0 Å². The number of hydrogen-bond acceptors (Lipinski definition) is 6. The number of ketones is 1. The SMILES string of the molecule is CCCC(O)(CCC)CCc1cccc(OCCCN)c1.CCCCc1cccc(C(=O)Cc2c(C)cccc2C)c1.CCCOCc1cccc(CCC(O)(CCC)CCC)c1. The molecule has 0 spiro atoms. The molecular formula is C57H87NO5. The third-order valence-electron chi connectivity index (χ3n) is 11.8. The first-order valence-electron chi connectivity index (χ1n) is 24.6. The minimum absolute atomic E-state index is 0.214. The summed E-state index contributed by atoms with van der Waals surface area (Å²) in [7, 11) is 0. The summed E-state index contributed by atoms with van der Waals surface area (Å²) < 4.78 is 11.3. The molecule has 0 aliphatic rings. The molecule has 4 aromatic carbocycles. The molecule has 0 unspecified atom stereocenters. The first kappa shape index (κ1) is 55.3. The molecule has 6 nitrogen and oxygen atoms in total. The van der Waals surface area contributed by atoms with Crippen LogP contribution >= 0.6 is 0 Å². The van der Waals surface area contributed by atoms with E-state index in [2.05, 4.69) is 116 Å². The first-order chi connectivity index (χ1) is 30.4. The number of hydrogen-bond donors (Lipinski definition) is 3. The fraction of sp³-hybridized carbons (Fsp3) is 0.561. The molecule has 0 saturated carbocycles. The van der Waals surface area contributed by atoms with E-state index < -0.39 is 11.2 Å². The van der Waals surface area contributed by atoms with E-state index in [1.54, 1.807) is 0 Å². The van der Waals surface area contributed by atoms with Gasteiger partial charge in [-0.2, -0.15) is 0 Å². The van der Waals surface area contributed by atoms with Gasteiger partial charge in [-0.1, -0.05) is 146 Å². The fourth-order valence-corrected chi connectivity index (χ4v) is 8.31. The Labute approximate surface area is 384 Å². The number of nitrogens with two attached hydrogens (primary N) is 1. The average Bonchev–Trinajstić information content (AvgIpc) is 3.27. The summed E-state index contributed by atoms with van der Waals surface area (Å²) in [5, 5.41) is 21.4. The van der Waals surface area contributed by atoms with E-state index in [4.69, 9.17) is 15.2 Å². The van der Waals surface area contributed by atoms with Gasteiger partial charge in [-0.25, -0.2) is 0 Å². The van der Waals surface area contributed by atoms with Crippen LogP contribution in [0.1, 0.15) is 181 Å². The Kier molecular flexibility index (Phi) is 28.0. The predicted molar refractivity (Wildman–Crippen MR) is 267 cm³/mol. The van der Waals surface area contributed by atoms with Crippen molar-refractivity contribution >= 4 is 5.78 Å². The molecule has 0 heterocycles. The third kappa shape index (κ3) is 22.6. The molecule has 0 aromatic heterocycles. The van der Waals surface area contributed by atoms with Crippen LogP contribution in [0.25, 0.3) is 0 Å². The van der Waals surface area contributed by atoms with E-state index in [1.807, 2.05) is 30.3 Å². The van der Waals surface area contributed by atoms with Gasteiger partial charge in [0.05, 0.1) is 24.4 Å². The lowest BCUT2D eigenvalue weighted by Gasteiger charge is -2.27. The van der Waals surface area contributed by atoms with Gasteiger partial charge in [0.15, 0.2) is 5.78 Å². The van der Waals surface area contributed by atoms with Crippen LogP contribution in [-0.4, -0.2) is 47.0 Å². The Morgan fingerprint density at radius 2 is 1.06 bits per heavy atom. The van der Waals surface area contributed by atoms with Gasteiger partial charge in [-0.05, 0) is 155 Å². The van der Waals surface area contributed by atoms with Gasteiger partial charge in [-0.15, -0.1) is 0 Å². The zero-order chi connectivity index (χ0) is 46.4. The van der Waals surface area contributed by atoms with Crippen molar-refractivity contribution in [3.63, 3.8) is 0 Å². The number of carbonyl (C=O) groups is 1. The number of Topliss-reactive ketones (excluding diaryl/α,β-unsaturated/α-hetero) is 1. The molecular weight excluding hydrogens is 779 g/mol. The molecule has 0 aliphatic carbocycles. The molecule has 0 bridgehead atoms. The van der Waals surface area contributed by atoms with Gasteiger partial charge < -0.3 is 25.4 Å². The molecule has 4 N–H and O–H groups in total. The zero-order valence-corrected chi connectivity index (χ0v) is 40.9. The van der Waals surface area contributed by atoms with Crippen molar-refractivity contribution < 1.29 is 24.5 Å². The highest BCUT2D eigenvalue weighted by atomic mass is 16.5. The number of aryl methyl sites for hydroxylation is 5. The molecule has 63 heavy (non-hydrogen) atoms. The summed E-state index contributed by atoms with van der Waals surface area (Å²) in [5.74, 6) is 1.11. The molecule has 4 aromatic rings. The molecule has 0 amide bonds. The van der Waals surface area contributed by atoms with Crippen molar-refractivity contribution in [2.24, 2.45) is 5.73 Å². The number of aliphatic hydroxyl groups is 2. The molecule has 6 heteroatoms. The molecule has 0 radical (unpaired) electrons. The summed E-state index contributed by atoms with van der Waals surface area (Å²) in [6, 6.07) is 31.1. The largest absolute Gasteiger partial charge is 0.494 e. The Balaban J connectivity index is 0.000000325. The van der Waals surface area contributed by atoms with E-state index in [0.29, 0.717) is 26.2 Å². The van der Waals surface area contributed by atoms with Crippen LogP contribution in [0.3, 0.4) is 0 Å². The van der Waals surface area contributed by atoms with E-state index in [9.17, 15) is 15.0 Å². The summed E-state index contributed by atoms with van der Waals surface area (Å²) in [4.78, 5) is 12.5. The van der Waals surface area contributed by atoms with E-state index >= 15 is 0 Å². The van der Waals surface area contributed by atoms with E-state index in [0.717, 1.165) is 114 Å². The van der Waals surface area contributed by atoms with E-state index in [1.165, 1.54) is 51.8 Å². The molecule has 0 fully saturated rings. The number of benzene rings is 4. The lowest BCUT2D eigenvalue weighted by Crippen LogP contribution is -2.28. The summed E-state index contributed by atoms with van der Waals surface area (Å²) >= 11 is 0. The average molecular weight is 866 g/mol. The Morgan fingerprint density at radius 1 is 0.556 bits per heavy atom. The maximum atomic E-state index is 12.5. The second kappa shape index (κ2) is 31.9. The van der Waals surface area contributed by atoms with Crippen LogP contribution in [-0.2, 0) is 37.0 Å². The van der Waals surface area contributed by atoms with Crippen LogP contribution < -0.4 is 10.5 Å². The lowest BCUT2D eigenvalue weighted by molar-refractivity contribution is 0.0127. The lowest BCUT2D eigenvalue weighted by atomic mass is 9.86. The third-order valence-corrected chi connectivity index (χ3v) is 11.8. The van der Waals surface area contributed by atoms with Gasteiger partial charge in [0.1, 0.15) is 5.75 Å². The number of carbonyl (C=O) groups excluding carboxylic acids is 1. The number of rotatable bonds is 28. The van der Waals surface area contributed by atoms with Gasteiger partial charge in [0, 0.05) is 18.6 Å². The zero-order valence-electron chi connectivity index (χ0n) is 40.9. The molecule has 0 atom stereocenters. The second-order valence-electron chi connectivity index (χ2n) is 17.7. The summed E-state index contributed by atoms with van der Waals surface area (Å²) in [6.45, 7) is 19.8. The quantitative estimate of drug-likeness (QED) is 0.0388. The standard InChI is InChI=1S/C20H24O.C19H32O2.C18H31NO2/c1-4-5-10-17-11-7-12-18(13-17)20(21)14-19-15(2)8-6-9-16(19)3;1-4-11-19(20,12-5-2)13-10-17-8-7-9-18(15-17)16-21-14-6-3;1-3-10-18(20,11-4-2)12-9-16-7-5-8-17(15-16)21-14-6-13-19/h6-9,11-13H,4-5,10,14H2,1-3H3;7-9,15,20H,4-6,10-14,16H2,1-3H3;5,7-8,15,20H,3-4,6,9-14,19H2,1-2H3. The monoisotopic (exact) mass is 866 g/mol. The second-order valence-corrected chi connectivity index (χ2v) is 17.7. The molecule has 0 saturated heterocycles. The highest BCUT2D eigenvalue weighted by Crippen LogP contribution is 2.28. The first-order valence-corrected chi connectivity index (χ1v) is 24.6. The van der Waals surface area contributed by atoms with Gasteiger partial charge >= 0.3 is 0 Å². The highest BCUT2D eigenvalue weighted by Gasteiger charge is 2.25. The van der Waals surface area contributed by atoms with E-state index in [-0.39, 0.29) is 5.78 Å². The predicted octanol–water partition coefficient (Wildman–Crippen LogP) is 13.6. The van der Waals surface area contributed by atoms with Crippen molar-refractivity contribution in [3.05, 3.63) is 136 Å². The van der Waals surface area contributed by atoms with Crippen LogP contribution in [0.15, 0.2) is 91.0 Å². The van der Waals surface area contributed by atoms with Gasteiger partial charge in [-0.3, -0.25) is 4.79 Å². The smallest absolute Gasteiger partial charge is 0.167 e. The number of unbranched alkanes of at least 4 members (excludes halogenated alkanes) is 1. The topological polar surface area (TPSA) is 102 Å². The molecule has 4 rings (SSSR count). The summed E-state index contributed by atoms with van der Waals surface area (Å²) in [5.41, 5.74) is 13.9. The Bertz CT molecular complexity index is 1710. The van der Waals surface area contributed by atoms with Crippen molar-refractivity contribution in [3.8, 4) is 5.75 Å². The van der Waals surface area contributed by atoms with Crippen LogP contribution in [0, 0.1) is 13.8 Å². The maximum Gasteiger partial charge on any atom is 0.167 e. The van der Waals surface area contributed by atoms with Crippen molar-refractivity contribution in [2.45, 2.75) is 189 Å². The van der Waals surface area contributed by atoms with Gasteiger partial charge in [0.25, 0.3) is 0 Å². The Hall–Kier alpha value is -3.81. The normalized spacial score (nSPS) is 11.3. The fourth-order valence-electron chi connectivity index (χ4n) is 8.31. The van der Waals surface area contributed by atoms with Crippen molar-refractivity contribution in [2.75, 3.05) is 19.8 Å². The van der Waals surface area contributed by atoms with Gasteiger partial charge in [0.2, 0.25) is 0 Å². The van der Waals surface area contributed by atoms with Crippen LogP contribution in [0.5, 0.6) is 5.75 Å². The molecule has 0 aliphatic heterocycles. The highest BCUT2D eigenvalue weighted by molar-refractivity contribution is 5.98. The minimum Gasteiger partial charge on any atom is -0.494 e. The molecule has 350 valence electrons. The Morgan fingerprint density at radius 3 is 1.60 bits per heavy atom.